The third-order valence-electron chi connectivity index (χ3n) is 5.43. The van der Waals surface area contributed by atoms with Gasteiger partial charge in [-0.25, -0.2) is 0 Å². The van der Waals surface area contributed by atoms with Crippen molar-refractivity contribution in [1.29, 1.82) is 0 Å². The van der Waals surface area contributed by atoms with Crippen molar-refractivity contribution in [1.82, 2.24) is 15.1 Å². The van der Waals surface area contributed by atoms with Gasteiger partial charge in [0.2, 0.25) is 17.7 Å². The van der Waals surface area contributed by atoms with Crippen molar-refractivity contribution in [3.63, 3.8) is 0 Å². The molecule has 0 unspecified atom stereocenters. The highest BCUT2D eigenvalue weighted by atomic mass is 16.2. The number of nitrogens with zero attached hydrogens (tertiary/aromatic N) is 2. The highest BCUT2D eigenvalue weighted by molar-refractivity contribution is 6.05. The molecule has 7 heteroatoms. The van der Waals surface area contributed by atoms with E-state index >= 15 is 0 Å². The maximum absolute atomic E-state index is 12.1. The van der Waals surface area contributed by atoms with Gasteiger partial charge in [-0.2, -0.15) is 0 Å². The first-order chi connectivity index (χ1) is 10.5. The zero-order valence-electron chi connectivity index (χ0n) is 12.8. The molecule has 0 bridgehead atoms. The Balaban J connectivity index is 1.68. The lowest BCUT2D eigenvalue weighted by molar-refractivity contribution is -0.136. The summed E-state index contributed by atoms with van der Waals surface area (Å²) >= 11 is 0. The van der Waals surface area contributed by atoms with Crippen molar-refractivity contribution in [2.75, 3.05) is 26.2 Å². The molecule has 0 saturated carbocycles. The fourth-order valence-corrected chi connectivity index (χ4v) is 4.08. The van der Waals surface area contributed by atoms with Gasteiger partial charge in [-0.1, -0.05) is 6.42 Å². The van der Waals surface area contributed by atoms with Gasteiger partial charge in [-0.3, -0.25) is 29.5 Å². The van der Waals surface area contributed by atoms with Gasteiger partial charge < -0.3 is 5.73 Å². The Morgan fingerprint density at radius 1 is 1.09 bits per heavy atom. The second kappa shape index (κ2) is 5.96. The molecule has 0 aromatic heterocycles. The van der Waals surface area contributed by atoms with E-state index in [0.29, 0.717) is 25.9 Å². The second-order valence-corrected chi connectivity index (χ2v) is 6.61. The number of primary amides is 1. The number of piperidine rings is 2. The molecule has 3 saturated heterocycles. The fourth-order valence-electron chi connectivity index (χ4n) is 4.08. The van der Waals surface area contributed by atoms with Gasteiger partial charge in [0.1, 0.15) is 5.54 Å². The fraction of sp³-hybridized carbons (Fsp3) is 0.800. The van der Waals surface area contributed by atoms with Crippen LogP contribution in [0.4, 0.5) is 0 Å². The molecule has 0 aromatic rings. The summed E-state index contributed by atoms with van der Waals surface area (Å²) in [6, 6.07) is -0.375. The number of carbonyl (C=O) groups excluding carboxylic acids is 3. The number of likely N-dealkylation sites (tertiary alicyclic amines) is 2. The molecular weight excluding hydrogens is 284 g/mol. The number of imide groups is 1. The first-order valence-electron chi connectivity index (χ1n) is 8.16. The van der Waals surface area contributed by atoms with Crippen LogP contribution in [0.1, 0.15) is 38.5 Å². The average Bonchev–Trinajstić information content (AvgIpc) is 2.86. The summed E-state index contributed by atoms with van der Waals surface area (Å²) in [5.74, 6) is -0.673. The first kappa shape index (κ1) is 15.4. The molecule has 3 N–H and O–H groups in total. The van der Waals surface area contributed by atoms with E-state index in [-0.39, 0.29) is 30.2 Å². The van der Waals surface area contributed by atoms with Crippen molar-refractivity contribution in [3.8, 4) is 0 Å². The lowest BCUT2D eigenvalue weighted by Gasteiger charge is -2.48. The maximum atomic E-state index is 12.1. The van der Waals surface area contributed by atoms with E-state index in [1.54, 1.807) is 0 Å². The summed E-state index contributed by atoms with van der Waals surface area (Å²) in [6.07, 6.45) is 4.94. The Hall–Kier alpha value is -1.47. The molecule has 1 atom stereocenters. The molecule has 3 rings (SSSR count). The lowest BCUT2D eigenvalue weighted by Crippen LogP contribution is -2.64. The highest BCUT2D eigenvalue weighted by Gasteiger charge is 2.47. The number of amides is 3. The molecule has 0 radical (unpaired) electrons. The van der Waals surface area contributed by atoms with Gasteiger partial charge in [0, 0.05) is 13.1 Å². The van der Waals surface area contributed by atoms with Crippen molar-refractivity contribution in [3.05, 3.63) is 0 Å². The molecule has 3 aliphatic heterocycles. The van der Waals surface area contributed by atoms with E-state index in [2.05, 4.69) is 10.2 Å². The minimum atomic E-state index is -0.573. The zero-order chi connectivity index (χ0) is 15.7. The van der Waals surface area contributed by atoms with Gasteiger partial charge >= 0.3 is 0 Å². The normalized spacial score (nSPS) is 30.3. The summed E-state index contributed by atoms with van der Waals surface area (Å²) in [5.41, 5.74) is 5.18. The topological polar surface area (TPSA) is 95.7 Å². The molecule has 22 heavy (non-hydrogen) atoms. The van der Waals surface area contributed by atoms with E-state index in [1.807, 2.05) is 4.90 Å². The molecule has 7 nitrogen and oxygen atoms in total. The molecule has 3 aliphatic rings. The Morgan fingerprint density at radius 2 is 1.73 bits per heavy atom. The van der Waals surface area contributed by atoms with Crippen LogP contribution in [0.2, 0.25) is 0 Å². The summed E-state index contributed by atoms with van der Waals surface area (Å²) in [4.78, 5) is 39.6. The molecule has 3 heterocycles. The van der Waals surface area contributed by atoms with E-state index in [9.17, 15) is 14.4 Å². The molecule has 0 aromatic carbocycles. The van der Waals surface area contributed by atoms with Crippen LogP contribution in [0, 0.1) is 0 Å². The summed E-state index contributed by atoms with van der Waals surface area (Å²) in [6.45, 7) is 3.10. The molecule has 0 spiro atoms. The SMILES string of the molecule is NC(=O)C1(N2CCCCC2)CCN([C@@H]2CC(=O)NC2=O)CC1. The Kier molecular flexibility index (Phi) is 4.18. The number of nitrogens with two attached hydrogens (primary N) is 1. The van der Waals surface area contributed by atoms with E-state index in [1.165, 1.54) is 6.42 Å². The van der Waals surface area contributed by atoms with Gasteiger partial charge in [0.25, 0.3) is 0 Å². The minimum absolute atomic E-state index is 0.210. The van der Waals surface area contributed by atoms with E-state index in [0.717, 1.165) is 25.9 Å². The zero-order valence-corrected chi connectivity index (χ0v) is 12.8. The second-order valence-electron chi connectivity index (χ2n) is 6.61. The Labute approximate surface area is 130 Å². The van der Waals surface area contributed by atoms with Crippen LogP contribution in [-0.2, 0) is 14.4 Å². The van der Waals surface area contributed by atoms with Crippen LogP contribution >= 0.6 is 0 Å². The molecule has 3 amide bonds. The maximum Gasteiger partial charge on any atom is 0.244 e. The standard InChI is InChI=1S/C15H24N4O3/c16-14(22)15(19-6-2-1-3-7-19)4-8-18(9-5-15)11-10-12(20)17-13(11)21/h11H,1-10H2,(H2,16,22)(H,17,20,21)/t11-/m1/s1. The van der Waals surface area contributed by atoms with Gasteiger partial charge in [0.15, 0.2) is 0 Å². The predicted octanol–water partition coefficient (Wildman–Crippen LogP) is -0.793. The van der Waals surface area contributed by atoms with Crippen molar-refractivity contribution >= 4 is 17.7 Å². The van der Waals surface area contributed by atoms with Crippen LogP contribution < -0.4 is 11.1 Å². The van der Waals surface area contributed by atoms with Crippen molar-refractivity contribution in [2.45, 2.75) is 50.1 Å². The van der Waals surface area contributed by atoms with E-state index in [4.69, 9.17) is 5.73 Å². The van der Waals surface area contributed by atoms with Crippen LogP contribution in [0.25, 0.3) is 0 Å². The number of hydrogen-bond donors (Lipinski definition) is 2. The van der Waals surface area contributed by atoms with Gasteiger partial charge in [-0.15, -0.1) is 0 Å². The Morgan fingerprint density at radius 3 is 2.23 bits per heavy atom. The first-order valence-corrected chi connectivity index (χ1v) is 8.16. The van der Waals surface area contributed by atoms with Crippen LogP contribution in [-0.4, -0.2) is 65.3 Å². The van der Waals surface area contributed by atoms with Crippen LogP contribution in [0.3, 0.4) is 0 Å². The molecule has 3 fully saturated rings. The number of nitrogens with one attached hydrogen (secondary N) is 1. The quantitative estimate of drug-likeness (QED) is 0.666. The largest absolute Gasteiger partial charge is 0.368 e. The molecular formula is C15H24N4O3. The van der Waals surface area contributed by atoms with Gasteiger partial charge in [0.05, 0.1) is 12.5 Å². The van der Waals surface area contributed by atoms with Crippen LogP contribution in [0.5, 0.6) is 0 Å². The molecule has 122 valence electrons. The summed E-state index contributed by atoms with van der Waals surface area (Å²) < 4.78 is 0. The monoisotopic (exact) mass is 308 g/mol. The predicted molar refractivity (Wildman–Crippen MR) is 79.7 cm³/mol. The summed E-state index contributed by atoms with van der Waals surface area (Å²) in [7, 11) is 0. The number of hydrogen-bond acceptors (Lipinski definition) is 5. The van der Waals surface area contributed by atoms with Crippen molar-refractivity contribution < 1.29 is 14.4 Å². The molecule has 0 aliphatic carbocycles. The average molecular weight is 308 g/mol. The number of rotatable bonds is 3. The Bertz CT molecular complexity index is 479. The minimum Gasteiger partial charge on any atom is -0.368 e. The smallest absolute Gasteiger partial charge is 0.244 e. The van der Waals surface area contributed by atoms with Crippen LogP contribution in [0.15, 0.2) is 0 Å². The third kappa shape index (κ3) is 2.63. The van der Waals surface area contributed by atoms with Crippen molar-refractivity contribution in [2.24, 2.45) is 5.73 Å². The lowest BCUT2D eigenvalue weighted by atomic mass is 9.83. The summed E-state index contributed by atoms with van der Waals surface area (Å²) in [5, 5.41) is 2.35. The van der Waals surface area contributed by atoms with E-state index < -0.39 is 5.54 Å². The third-order valence-corrected chi connectivity index (χ3v) is 5.43. The van der Waals surface area contributed by atoms with Gasteiger partial charge in [-0.05, 0) is 38.8 Å². The highest BCUT2D eigenvalue weighted by Crippen LogP contribution is 2.32. The number of carbonyl (C=O) groups is 3.